The fourth-order valence-corrected chi connectivity index (χ4v) is 0.516. The van der Waals surface area contributed by atoms with E-state index < -0.39 is 5.97 Å². The molecule has 0 bridgehead atoms. The summed E-state index contributed by atoms with van der Waals surface area (Å²) in [6, 6.07) is 0. The lowest BCUT2D eigenvalue weighted by Gasteiger charge is -1.78. The molecule has 0 heterocycles. The topological polar surface area (TPSA) is 37.3 Å². The average Bonchev–Trinajstić information content (AvgIpc) is 1.96. The number of rotatable bonds is 4. The minimum Gasteiger partial charge on any atom is -0.478 e. The molecular formula is C9H12O2. The first-order chi connectivity index (χ1) is 5.27. The molecular weight excluding hydrogens is 140 g/mol. The molecule has 2 heteroatoms. The Labute approximate surface area is 66.5 Å². The molecule has 0 atom stereocenters. The van der Waals surface area contributed by atoms with Crippen LogP contribution in [0.5, 0.6) is 0 Å². The van der Waals surface area contributed by atoms with E-state index in [1.54, 1.807) is 6.08 Å². The van der Waals surface area contributed by atoms with Gasteiger partial charge in [-0.05, 0) is 13.3 Å². The van der Waals surface area contributed by atoms with Crippen LogP contribution < -0.4 is 0 Å². The van der Waals surface area contributed by atoms with E-state index in [4.69, 9.17) is 5.11 Å². The third-order valence-electron chi connectivity index (χ3n) is 0.972. The SMILES string of the molecule is CC=CC=CCC=CC(=O)O. The van der Waals surface area contributed by atoms with Crippen molar-refractivity contribution in [2.24, 2.45) is 0 Å². The second-order valence-electron chi connectivity index (χ2n) is 1.93. The lowest BCUT2D eigenvalue weighted by Crippen LogP contribution is -1.84. The molecule has 11 heavy (non-hydrogen) atoms. The fraction of sp³-hybridized carbons (Fsp3) is 0.222. The summed E-state index contributed by atoms with van der Waals surface area (Å²) in [5.74, 6) is -0.899. The Morgan fingerprint density at radius 3 is 2.64 bits per heavy atom. The zero-order valence-corrected chi connectivity index (χ0v) is 6.53. The van der Waals surface area contributed by atoms with E-state index in [9.17, 15) is 4.79 Å². The van der Waals surface area contributed by atoms with Crippen molar-refractivity contribution in [3.05, 3.63) is 36.5 Å². The zero-order chi connectivity index (χ0) is 8.53. The largest absolute Gasteiger partial charge is 0.478 e. The van der Waals surface area contributed by atoms with Gasteiger partial charge in [-0.2, -0.15) is 0 Å². The van der Waals surface area contributed by atoms with Crippen molar-refractivity contribution in [3.63, 3.8) is 0 Å². The number of carboxylic acids is 1. The minimum atomic E-state index is -0.899. The van der Waals surface area contributed by atoms with Gasteiger partial charge in [0, 0.05) is 6.08 Å². The smallest absolute Gasteiger partial charge is 0.327 e. The molecule has 0 aliphatic heterocycles. The van der Waals surface area contributed by atoms with Crippen LogP contribution >= 0.6 is 0 Å². The summed E-state index contributed by atoms with van der Waals surface area (Å²) in [5.41, 5.74) is 0. The predicted octanol–water partition coefficient (Wildman–Crippen LogP) is 2.15. The Bertz CT molecular complexity index is 188. The molecule has 0 aliphatic carbocycles. The number of carboxylic acid groups (broad SMARTS) is 1. The summed E-state index contributed by atoms with van der Waals surface area (Å²) in [5, 5.41) is 8.19. The molecule has 1 N–H and O–H groups in total. The minimum absolute atomic E-state index is 0.663. The van der Waals surface area contributed by atoms with Gasteiger partial charge in [-0.1, -0.05) is 30.4 Å². The molecule has 0 aromatic heterocycles. The highest BCUT2D eigenvalue weighted by Gasteiger charge is 1.80. The van der Waals surface area contributed by atoms with Gasteiger partial charge in [0.2, 0.25) is 0 Å². The Morgan fingerprint density at radius 1 is 1.36 bits per heavy atom. The lowest BCUT2D eigenvalue weighted by molar-refractivity contribution is -0.131. The van der Waals surface area contributed by atoms with Gasteiger partial charge in [0.1, 0.15) is 0 Å². The normalized spacial score (nSPS) is 12.1. The predicted molar refractivity (Wildman–Crippen MR) is 45.3 cm³/mol. The van der Waals surface area contributed by atoms with Gasteiger partial charge in [-0.3, -0.25) is 0 Å². The average molecular weight is 152 g/mol. The summed E-state index contributed by atoms with van der Waals surface area (Å²) < 4.78 is 0. The van der Waals surface area contributed by atoms with Crippen LogP contribution in [0, 0.1) is 0 Å². The summed E-state index contributed by atoms with van der Waals surface area (Å²) in [7, 11) is 0. The third kappa shape index (κ3) is 8.69. The van der Waals surface area contributed by atoms with Crippen molar-refractivity contribution in [1.29, 1.82) is 0 Å². The van der Waals surface area contributed by atoms with Crippen LogP contribution in [-0.4, -0.2) is 11.1 Å². The molecule has 0 aromatic carbocycles. The first-order valence-corrected chi connectivity index (χ1v) is 3.44. The molecule has 0 radical (unpaired) electrons. The molecule has 0 aromatic rings. The standard InChI is InChI=1S/C9H12O2/c1-2-3-4-5-6-7-8-9(10)11/h2-5,7-8H,6H2,1H3,(H,10,11). The third-order valence-corrected chi connectivity index (χ3v) is 0.972. The van der Waals surface area contributed by atoms with Gasteiger partial charge in [0.15, 0.2) is 0 Å². The maximum atomic E-state index is 9.96. The zero-order valence-electron chi connectivity index (χ0n) is 6.53. The van der Waals surface area contributed by atoms with E-state index in [0.29, 0.717) is 6.42 Å². The molecule has 0 aliphatic rings. The summed E-state index contributed by atoms with van der Waals surface area (Å²) in [4.78, 5) is 9.96. The van der Waals surface area contributed by atoms with E-state index >= 15 is 0 Å². The van der Waals surface area contributed by atoms with Gasteiger partial charge < -0.3 is 5.11 Å². The monoisotopic (exact) mass is 152 g/mol. The van der Waals surface area contributed by atoms with Crippen molar-refractivity contribution in [3.8, 4) is 0 Å². The second kappa shape index (κ2) is 6.81. The molecule has 0 saturated heterocycles. The van der Waals surface area contributed by atoms with Crippen LogP contribution in [0.1, 0.15) is 13.3 Å². The molecule has 2 nitrogen and oxygen atoms in total. The number of hydrogen-bond acceptors (Lipinski definition) is 1. The lowest BCUT2D eigenvalue weighted by atomic mass is 10.3. The first-order valence-electron chi connectivity index (χ1n) is 3.44. The Hall–Kier alpha value is -1.31. The van der Waals surface area contributed by atoms with E-state index in [1.807, 2.05) is 31.2 Å². The van der Waals surface area contributed by atoms with Crippen molar-refractivity contribution >= 4 is 5.97 Å². The molecule has 0 rings (SSSR count). The maximum Gasteiger partial charge on any atom is 0.327 e. The highest BCUT2D eigenvalue weighted by molar-refractivity contribution is 5.79. The van der Waals surface area contributed by atoms with E-state index in [-0.39, 0.29) is 0 Å². The molecule has 0 unspecified atom stereocenters. The molecule has 0 spiro atoms. The van der Waals surface area contributed by atoms with E-state index in [0.717, 1.165) is 6.08 Å². The molecule has 0 saturated carbocycles. The van der Waals surface area contributed by atoms with Crippen molar-refractivity contribution in [2.45, 2.75) is 13.3 Å². The summed E-state index contributed by atoms with van der Waals surface area (Å²) in [6.07, 6.45) is 11.0. The maximum absolute atomic E-state index is 9.96. The van der Waals surface area contributed by atoms with Crippen molar-refractivity contribution in [1.82, 2.24) is 0 Å². The Kier molecular flexibility index (Phi) is 5.99. The Morgan fingerprint density at radius 2 is 2.09 bits per heavy atom. The number of aliphatic carboxylic acids is 1. The van der Waals surface area contributed by atoms with Gasteiger partial charge in [-0.25, -0.2) is 4.79 Å². The second-order valence-corrected chi connectivity index (χ2v) is 1.93. The van der Waals surface area contributed by atoms with Crippen LogP contribution in [0.15, 0.2) is 36.5 Å². The fourth-order valence-electron chi connectivity index (χ4n) is 0.516. The van der Waals surface area contributed by atoms with Crippen LogP contribution in [0.3, 0.4) is 0 Å². The number of hydrogen-bond donors (Lipinski definition) is 1. The van der Waals surface area contributed by atoms with E-state index in [2.05, 4.69) is 0 Å². The van der Waals surface area contributed by atoms with Crippen LogP contribution in [-0.2, 0) is 4.79 Å². The summed E-state index contributed by atoms with van der Waals surface area (Å²) >= 11 is 0. The molecule has 60 valence electrons. The highest BCUT2D eigenvalue weighted by Crippen LogP contribution is 1.86. The van der Waals surface area contributed by atoms with Crippen LogP contribution in [0.2, 0.25) is 0 Å². The molecule has 0 fully saturated rings. The van der Waals surface area contributed by atoms with Crippen molar-refractivity contribution < 1.29 is 9.90 Å². The molecule has 0 amide bonds. The van der Waals surface area contributed by atoms with Gasteiger partial charge in [-0.15, -0.1) is 0 Å². The quantitative estimate of drug-likeness (QED) is 0.495. The summed E-state index contributed by atoms with van der Waals surface area (Å²) in [6.45, 7) is 1.93. The van der Waals surface area contributed by atoms with Crippen LogP contribution in [0.4, 0.5) is 0 Å². The number of carbonyl (C=O) groups is 1. The Balaban J connectivity index is 3.48. The van der Waals surface area contributed by atoms with Gasteiger partial charge in [0.25, 0.3) is 0 Å². The van der Waals surface area contributed by atoms with Crippen LogP contribution in [0.25, 0.3) is 0 Å². The van der Waals surface area contributed by atoms with E-state index in [1.165, 1.54) is 0 Å². The van der Waals surface area contributed by atoms with Gasteiger partial charge in [0.05, 0.1) is 0 Å². The number of allylic oxidation sites excluding steroid dienone is 5. The van der Waals surface area contributed by atoms with Crippen molar-refractivity contribution in [2.75, 3.05) is 0 Å². The highest BCUT2D eigenvalue weighted by atomic mass is 16.4. The van der Waals surface area contributed by atoms with Gasteiger partial charge >= 0.3 is 5.97 Å². The first kappa shape index (κ1) is 9.69.